The van der Waals surface area contributed by atoms with Crippen molar-refractivity contribution in [1.29, 1.82) is 0 Å². The quantitative estimate of drug-likeness (QED) is 0.780. The molecule has 2 fully saturated rings. The Hall–Kier alpha value is -0.640. The van der Waals surface area contributed by atoms with Gasteiger partial charge in [-0.2, -0.15) is 0 Å². The molecule has 1 saturated heterocycles. The second-order valence-electron chi connectivity index (χ2n) is 4.74. The van der Waals surface area contributed by atoms with Crippen LogP contribution >= 0.6 is 15.9 Å². The van der Waals surface area contributed by atoms with E-state index in [4.69, 9.17) is 0 Å². The number of piperidine rings is 1. The Kier molecular flexibility index (Phi) is 2.84. The number of hydrogen-bond donors (Lipinski definition) is 0. The van der Waals surface area contributed by atoms with Gasteiger partial charge in [0.05, 0.1) is 5.69 Å². The number of hydrogen-bond acceptors (Lipinski definition) is 3. The molecule has 0 atom stereocenters. The number of anilines is 1. The molecule has 0 aromatic carbocycles. The van der Waals surface area contributed by atoms with Crippen LogP contribution in [-0.2, 0) is 0 Å². The van der Waals surface area contributed by atoms with Gasteiger partial charge in [-0.15, -0.1) is 0 Å². The van der Waals surface area contributed by atoms with Crippen LogP contribution in [0.3, 0.4) is 0 Å². The summed E-state index contributed by atoms with van der Waals surface area (Å²) in [4.78, 5) is 11.4. The average Bonchev–Trinajstić information content (AvgIpc) is 3.13. The molecule has 3 nitrogen and oxygen atoms in total. The summed E-state index contributed by atoms with van der Waals surface area (Å²) >= 11 is 3.43. The van der Waals surface area contributed by atoms with Crippen molar-refractivity contribution >= 4 is 21.7 Å². The Balaban J connectivity index is 1.86. The molecule has 0 amide bonds. The number of aromatic nitrogens is 2. The van der Waals surface area contributed by atoms with Crippen LogP contribution in [-0.4, -0.2) is 23.1 Å². The standard InChI is InChI=1S/C12H16BrN3/c13-12-14-10(9-4-5-9)8-11(15-12)16-6-2-1-3-7-16/h8-9H,1-7H2. The number of halogens is 1. The van der Waals surface area contributed by atoms with E-state index in [-0.39, 0.29) is 0 Å². The highest BCUT2D eigenvalue weighted by Crippen LogP contribution is 2.40. The smallest absolute Gasteiger partial charge is 0.198 e. The molecule has 2 heterocycles. The van der Waals surface area contributed by atoms with Gasteiger partial charge in [0.25, 0.3) is 0 Å². The lowest BCUT2D eigenvalue weighted by Gasteiger charge is -2.27. The molecule has 0 N–H and O–H groups in total. The molecule has 86 valence electrons. The minimum absolute atomic E-state index is 0.697. The summed E-state index contributed by atoms with van der Waals surface area (Å²) in [6.45, 7) is 2.29. The van der Waals surface area contributed by atoms with Crippen molar-refractivity contribution < 1.29 is 0 Å². The van der Waals surface area contributed by atoms with Gasteiger partial charge in [0.2, 0.25) is 0 Å². The zero-order valence-electron chi connectivity index (χ0n) is 9.32. The van der Waals surface area contributed by atoms with Crippen molar-refractivity contribution in [2.75, 3.05) is 18.0 Å². The van der Waals surface area contributed by atoms with Crippen molar-refractivity contribution in [2.45, 2.75) is 38.0 Å². The van der Waals surface area contributed by atoms with E-state index in [1.165, 1.54) is 37.8 Å². The van der Waals surface area contributed by atoms with Crippen LogP contribution in [0.5, 0.6) is 0 Å². The predicted octanol–water partition coefficient (Wildman–Crippen LogP) is 3.11. The molecule has 1 aliphatic heterocycles. The molecular formula is C12H16BrN3. The van der Waals surface area contributed by atoms with Gasteiger partial charge >= 0.3 is 0 Å². The Labute approximate surface area is 104 Å². The van der Waals surface area contributed by atoms with Gasteiger partial charge in [0.1, 0.15) is 5.82 Å². The maximum Gasteiger partial charge on any atom is 0.198 e. The molecule has 2 aliphatic rings. The minimum atomic E-state index is 0.697. The number of rotatable bonds is 2. The first-order valence-corrected chi connectivity index (χ1v) is 6.91. The molecule has 0 bridgehead atoms. The van der Waals surface area contributed by atoms with E-state index in [0.717, 1.165) is 23.6 Å². The molecule has 1 aromatic rings. The maximum absolute atomic E-state index is 4.50. The van der Waals surface area contributed by atoms with E-state index >= 15 is 0 Å². The lowest BCUT2D eigenvalue weighted by molar-refractivity contribution is 0.572. The highest BCUT2D eigenvalue weighted by Gasteiger charge is 2.26. The summed E-state index contributed by atoms with van der Waals surface area (Å²) in [7, 11) is 0. The summed E-state index contributed by atoms with van der Waals surface area (Å²) in [5.74, 6) is 1.81. The van der Waals surface area contributed by atoms with Crippen LogP contribution in [0.25, 0.3) is 0 Å². The van der Waals surface area contributed by atoms with Crippen LogP contribution in [0.4, 0.5) is 5.82 Å². The van der Waals surface area contributed by atoms with Crippen molar-refractivity contribution in [3.63, 3.8) is 0 Å². The third kappa shape index (κ3) is 2.21. The van der Waals surface area contributed by atoms with E-state index in [0.29, 0.717) is 5.92 Å². The topological polar surface area (TPSA) is 29.0 Å². The van der Waals surface area contributed by atoms with Crippen LogP contribution in [0.15, 0.2) is 10.8 Å². The molecule has 4 heteroatoms. The molecular weight excluding hydrogens is 266 g/mol. The Morgan fingerprint density at radius 3 is 2.56 bits per heavy atom. The Morgan fingerprint density at radius 2 is 1.88 bits per heavy atom. The minimum Gasteiger partial charge on any atom is -0.356 e. The van der Waals surface area contributed by atoms with E-state index in [1.807, 2.05) is 0 Å². The van der Waals surface area contributed by atoms with Crippen molar-refractivity contribution in [1.82, 2.24) is 9.97 Å². The molecule has 0 radical (unpaired) electrons. The monoisotopic (exact) mass is 281 g/mol. The van der Waals surface area contributed by atoms with Gasteiger partial charge in [-0.25, -0.2) is 9.97 Å². The SMILES string of the molecule is Brc1nc(C2CC2)cc(N2CCCCC2)n1. The summed E-state index contributed by atoms with van der Waals surface area (Å²) < 4.78 is 0.748. The second-order valence-corrected chi connectivity index (χ2v) is 5.45. The summed E-state index contributed by atoms with van der Waals surface area (Å²) in [5, 5.41) is 0. The normalized spacial score (nSPS) is 21.2. The first kappa shape index (κ1) is 10.5. The lowest BCUT2D eigenvalue weighted by atomic mass is 10.1. The summed E-state index contributed by atoms with van der Waals surface area (Å²) in [6, 6.07) is 2.19. The fourth-order valence-corrected chi connectivity index (χ4v) is 2.68. The molecule has 0 unspecified atom stereocenters. The zero-order chi connectivity index (χ0) is 11.0. The van der Waals surface area contributed by atoms with E-state index in [9.17, 15) is 0 Å². The molecule has 1 aliphatic carbocycles. The van der Waals surface area contributed by atoms with E-state index < -0.39 is 0 Å². The van der Waals surface area contributed by atoms with Gasteiger partial charge in [0.15, 0.2) is 4.73 Å². The van der Waals surface area contributed by atoms with Crippen LogP contribution in [0.1, 0.15) is 43.7 Å². The first-order valence-electron chi connectivity index (χ1n) is 6.12. The van der Waals surface area contributed by atoms with Crippen LogP contribution < -0.4 is 4.90 Å². The summed E-state index contributed by atoms with van der Waals surface area (Å²) in [5.41, 5.74) is 1.22. The first-order chi connectivity index (χ1) is 7.83. The fraction of sp³-hybridized carbons (Fsp3) is 0.667. The highest BCUT2D eigenvalue weighted by molar-refractivity contribution is 9.10. The largest absolute Gasteiger partial charge is 0.356 e. The fourth-order valence-electron chi connectivity index (χ4n) is 2.30. The van der Waals surface area contributed by atoms with Crippen molar-refractivity contribution in [3.8, 4) is 0 Å². The van der Waals surface area contributed by atoms with Crippen molar-refractivity contribution in [2.24, 2.45) is 0 Å². The van der Waals surface area contributed by atoms with Crippen molar-refractivity contribution in [3.05, 3.63) is 16.5 Å². The second kappa shape index (κ2) is 4.32. The molecule has 0 spiro atoms. The highest BCUT2D eigenvalue weighted by atomic mass is 79.9. The van der Waals surface area contributed by atoms with E-state index in [2.05, 4.69) is 36.9 Å². The van der Waals surface area contributed by atoms with E-state index in [1.54, 1.807) is 0 Å². The Bertz CT molecular complexity index is 384. The number of nitrogens with zero attached hydrogens (tertiary/aromatic N) is 3. The third-order valence-corrected chi connectivity index (χ3v) is 3.74. The van der Waals surface area contributed by atoms with Gasteiger partial charge in [-0.1, -0.05) is 0 Å². The molecule has 1 saturated carbocycles. The summed E-state index contributed by atoms with van der Waals surface area (Å²) in [6.07, 6.45) is 6.53. The van der Waals surface area contributed by atoms with Gasteiger partial charge < -0.3 is 4.90 Å². The lowest BCUT2D eigenvalue weighted by Crippen LogP contribution is -2.30. The van der Waals surface area contributed by atoms with Gasteiger partial charge in [-0.3, -0.25) is 0 Å². The molecule has 3 rings (SSSR count). The van der Waals surface area contributed by atoms with Crippen LogP contribution in [0.2, 0.25) is 0 Å². The predicted molar refractivity (Wildman–Crippen MR) is 67.8 cm³/mol. The maximum atomic E-state index is 4.50. The molecule has 1 aromatic heterocycles. The molecule has 16 heavy (non-hydrogen) atoms. The zero-order valence-corrected chi connectivity index (χ0v) is 10.9. The van der Waals surface area contributed by atoms with Gasteiger partial charge in [-0.05, 0) is 48.0 Å². The Morgan fingerprint density at radius 1 is 1.12 bits per heavy atom. The average molecular weight is 282 g/mol. The van der Waals surface area contributed by atoms with Gasteiger partial charge in [0, 0.05) is 25.1 Å². The third-order valence-electron chi connectivity index (χ3n) is 3.38. The van der Waals surface area contributed by atoms with Crippen LogP contribution in [0, 0.1) is 0 Å².